The van der Waals surface area contributed by atoms with Crippen LogP contribution in [0.3, 0.4) is 0 Å². The maximum Gasteiger partial charge on any atom is 0.265 e. The zero-order valence-electron chi connectivity index (χ0n) is 15.7. The lowest BCUT2D eigenvalue weighted by molar-refractivity contribution is 0.0918. The SMILES string of the molecule is CC1CCC(NC(=O)c2cc(O)c(C(=O)NC3CCC(C)CC3)s2)CC1. The molecule has 0 bridgehead atoms. The number of amides is 2. The molecule has 2 saturated carbocycles. The normalized spacial score (nSPS) is 29.2. The van der Waals surface area contributed by atoms with Crippen LogP contribution in [0.5, 0.6) is 5.75 Å². The number of hydrogen-bond donors (Lipinski definition) is 3. The molecule has 0 spiro atoms. The van der Waals surface area contributed by atoms with E-state index in [1.807, 2.05) is 0 Å². The number of carbonyl (C=O) groups excluding carboxylic acids is 2. The standard InChI is InChI=1S/C20H30N2O3S/c1-12-3-7-14(8-4-12)21-19(24)17-11-16(23)18(26-17)20(25)22-15-9-5-13(2)6-10-15/h11-15,23H,3-10H2,1-2H3,(H,21,24)(H,22,25). The van der Waals surface area contributed by atoms with Crippen LogP contribution in [-0.2, 0) is 0 Å². The molecule has 2 amide bonds. The van der Waals surface area contributed by atoms with Crippen molar-refractivity contribution in [1.82, 2.24) is 10.6 Å². The van der Waals surface area contributed by atoms with Gasteiger partial charge in [0.25, 0.3) is 11.8 Å². The van der Waals surface area contributed by atoms with Crippen LogP contribution >= 0.6 is 11.3 Å². The summed E-state index contributed by atoms with van der Waals surface area (Å²) in [6.45, 7) is 4.48. The summed E-state index contributed by atoms with van der Waals surface area (Å²) in [6, 6.07) is 1.79. The fraction of sp³-hybridized carbons (Fsp3) is 0.700. The van der Waals surface area contributed by atoms with Gasteiger partial charge in [0.2, 0.25) is 0 Å². The minimum atomic E-state index is -0.266. The molecule has 2 aliphatic carbocycles. The monoisotopic (exact) mass is 378 g/mol. The molecular weight excluding hydrogens is 348 g/mol. The topological polar surface area (TPSA) is 78.4 Å². The molecule has 5 nitrogen and oxygen atoms in total. The lowest BCUT2D eigenvalue weighted by Gasteiger charge is -2.26. The molecule has 0 aliphatic heterocycles. The first-order valence-electron chi connectivity index (χ1n) is 9.87. The van der Waals surface area contributed by atoms with Crippen LogP contribution in [-0.4, -0.2) is 29.0 Å². The Hall–Kier alpha value is -1.56. The van der Waals surface area contributed by atoms with Gasteiger partial charge < -0.3 is 15.7 Å². The second-order valence-electron chi connectivity index (χ2n) is 8.19. The van der Waals surface area contributed by atoms with E-state index in [0.29, 0.717) is 4.88 Å². The average molecular weight is 379 g/mol. The van der Waals surface area contributed by atoms with Crippen molar-refractivity contribution in [2.45, 2.75) is 77.3 Å². The molecule has 0 saturated heterocycles. The lowest BCUT2D eigenvalue weighted by Crippen LogP contribution is -2.37. The fourth-order valence-electron chi connectivity index (χ4n) is 3.97. The molecule has 0 unspecified atom stereocenters. The Labute approximate surface area is 159 Å². The van der Waals surface area contributed by atoms with Gasteiger partial charge in [-0.3, -0.25) is 9.59 Å². The molecule has 6 heteroatoms. The summed E-state index contributed by atoms with van der Waals surface area (Å²) in [6.07, 6.45) is 8.46. The molecule has 1 aromatic heterocycles. The zero-order chi connectivity index (χ0) is 18.7. The number of rotatable bonds is 4. The molecule has 0 aromatic carbocycles. The minimum Gasteiger partial charge on any atom is -0.506 e. The molecule has 3 N–H and O–H groups in total. The Morgan fingerprint density at radius 3 is 1.85 bits per heavy atom. The van der Waals surface area contributed by atoms with E-state index in [4.69, 9.17) is 0 Å². The summed E-state index contributed by atoms with van der Waals surface area (Å²) in [7, 11) is 0. The van der Waals surface area contributed by atoms with Crippen LogP contribution in [0.15, 0.2) is 6.07 Å². The summed E-state index contributed by atoms with van der Waals surface area (Å²) in [4.78, 5) is 25.6. The summed E-state index contributed by atoms with van der Waals surface area (Å²) >= 11 is 1.08. The third kappa shape index (κ3) is 4.78. The summed E-state index contributed by atoms with van der Waals surface area (Å²) in [5.74, 6) is 0.899. The molecule has 2 fully saturated rings. The van der Waals surface area contributed by atoms with Crippen molar-refractivity contribution in [3.8, 4) is 5.75 Å². The van der Waals surface area contributed by atoms with E-state index in [1.54, 1.807) is 0 Å². The first-order valence-corrected chi connectivity index (χ1v) is 10.7. The van der Waals surface area contributed by atoms with Crippen molar-refractivity contribution in [3.05, 3.63) is 15.8 Å². The van der Waals surface area contributed by atoms with Gasteiger partial charge in [-0.05, 0) is 63.2 Å². The van der Waals surface area contributed by atoms with E-state index < -0.39 is 0 Å². The van der Waals surface area contributed by atoms with Gasteiger partial charge in [-0.15, -0.1) is 11.3 Å². The van der Waals surface area contributed by atoms with E-state index in [0.717, 1.165) is 74.5 Å². The highest BCUT2D eigenvalue weighted by atomic mass is 32.1. The fourth-order valence-corrected chi connectivity index (χ4v) is 4.83. The van der Waals surface area contributed by atoms with Gasteiger partial charge >= 0.3 is 0 Å². The van der Waals surface area contributed by atoms with Crippen LogP contribution in [0.25, 0.3) is 0 Å². The molecule has 0 atom stereocenters. The average Bonchev–Trinajstić information content (AvgIpc) is 3.01. The molecule has 1 heterocycles. The molecule has 0 radical (unpaired) electrons. The van der Waals surface area contributed by atoms with Crippen LogP contribution < -0.4 is 10.6 Å². The van der Waals surface area contributed by atoms with Gasteiger partial charge in [0, 0.05) is 18.2 Å². The van der Waals surface area contributed by atoms with Gasteiger partial charge in [0.15, 0.2) is 0 Å². The lowest BCUT2D eigenvalue weighted by atomic mass is 9.87. The van der Waals surface area contributed by atoms with Gasteiger partial charge in [-0.25, -0.2) is 0 Å². The molecule has 3 rings (SSSR count). The van der Waals surface area contributed by atoms with Gasteiger partial charge in [0.1, 0.15) is 10.6 Å². The van der Waals surface area contributed by atoms with Crippen molar-refractivity contribution < 1.29 is 14.7 Å². The molecule has 26 heavy (non-hydrogen) atoms. The van der Waals surface area contributed by atoms with Crippen LogP contribution in [0.4, 0.5) is 0 Å². The van der Waals surface area contributed by atoms with Crippen molar-refractivity contribution in [2.75, 3.05) is 0 Å². The molecule has 144 valence electrons. The van der Waals surface area contributed by atoms with Gasteiger partial charge in [0.05, 0.1) is 4.88 Å². The predicted molar refractivity (Wildman–Crippen MR) is 104 cm³/mol. The molecule has 2 aliphatic rings. The first-order chi connectivity index (χ1) is 12.4. The maximum absolute atomic E-state index is 12.5. The third-order valence-electron chi connectivity index (χ3n) is 5.84. The molecular formula is C20H30N2O3S. The van der Waals surface area contributed by atoms with Crippen LogP contribution in [0.1, 0.15) is 84.6 Å². The largest absolute Gasteiger partial charge is 0.506 e. The summed E-state index contributed by atoms with van der Waals surface area (Å²) in [5.41, 5.74) is 0. The number of nitrogens with one attached hydrogen (secondary N) is 2. The predicted octanol–water partition coefficient (Wildman–Crippen LogP) is 4.07. The third-order valence-corrected chi connectivity index (χ3v) is 6.97. The quantitative estimate of drug-likeness (QED) is 0.739. The van der Waals surface area contributed by atoms with E-state index >= 15 is 0 Å². The second-order valence-corrected chi connectivity index (χ2v) is 9.24. The number of aromatic hydroxyl groups is 1. The van der Waals surface area contributed by atoms with Crippen molar-refractivity contribution in [1.29, 1.82) is 0 Å². The van der Waals surface area contributed by atoms with Crippen molar-refractivity contribution >= 4 is 23.2 Å². The zero-order valence-corrected chi connectivity index (χ0v) is 16.5. The van der Waals surface area contributed by atoms with Crippen LogP contribution in [0, 0.1) is 11.8 Å². The van der Waals surface area contributed by atoms with Gasteiger partial charge in [-0.2, -0.15) is 0 Å². The van der Waals surface area contributed by atoms with Crippen molar-refractivity contribution in [2.24, 2.45) is 11.8 Å². The Morgan fingerprint density at radius 2 is 1.35 bits per heavy atom. The van der Waals surface area contributed by atoms with E-state index in [9.17, 15) is 14.7 Å². The second kappa shape index (κ2) is 8.42. The minimum absolute atomic E-state index is 0.0981. The Kier molecular flexibility index (Phi) is 6.22. The number of hydrogen-bond acceptors (Lipinski definition) is 4. The van der Waals surface area contributed by atoms with Gasteiger partial charge in [-0.1, -0.05) is 13.8 Å². The Balaban J connectivity index is 1.57. The van der Waals surface area contributed by atoms with E-state index in [2.05, 4.69) is 24.5 Å². The smallest absolute Gasteiger partial charge is 0.265 e. The highest BCUT2D eigenvalue weighted by molar-refractivity contribution is 7.16. The Morgan fingerprint density at radius 1 is 0.885 bits per heavy atom. The van der Waals surface area contributed by atoms with E-state index in [1.165, 1.54) is 6.07 Å². The first kappa shape index (κ1) is 19.2. The van der Waals surface area contributed by atoms with Crippen LogP contribution in [0.2, 0.25) is 0 Å². The van der Waals surface area contributed by atoms with E-state index in [-0.39, 0.29) is 34.5 Å². The molecule has 1 aromatic rings. The highest BCUT2D eigenvalue weighted by Crippen LogP contribution is 2.30. The summed E-state index contributed by atoms with van der Waals surface area (Å²) < 4.78 is 0. The Bertz CT molecular complexity index is 641. The summed E-state index contributed by atoms with van der Waals surface area (Å²) in [5, 5.41) is 16.2. The number of carbonyl (C=O) groups is 2. The van der Waals surface area contributed by atoms with Crippen molar-refractivity contribution in [3.63, 3.8) is 0 Å². The number of thiophene rings is 1. The highest BCUT2D eigenvalue weighted by Gasteiger charge is 2.26. The maximum atomic E-state index is 12.5.